The minimum absolute atomic E-state index is 0.120. The number of hydrogen-bond acceptors (Lipinski definition) is 2. The van der Waals surface area contributed by atoms with Gasteiger partial charge >= 0.3 is 0 Å². The standard InChI is InChI=1S/C12H16Cl2O2S/c1-10(6-8-13)7-9-17(15,16)12-5-3-2-4-11(12)14/h2-5,10H,6-9H2,1H3. The third kappa shape index (κ3) is 4.49. The van der Waals surface area contributed by atoms with Crippen LogP contribution in [0.5, 0.6) is 0 Å². The Labute approximate surface area is 113 Å². The van der Waals surface area contributed by atoms with E-state index in [0.29, 0.717) is 18.2 Å². The number of rotatable bonds is 6. The van der Waals surface area contributed by atoms with Crippen LogP contribution >= 0.6 is 23.2 Å². The Bertz CT molecular complexity index is 457. The third-order valence-corrected chi connectivity index (χ3v) is 5.11. The van der Waals surface area contributed by atoms with Crippen molar-refractivity contribution in [2.45, 2.75) is 24.7 Å². The van der Waals surface area contributed by atoms with Gasteiger partial charge in [-0.15, -0.1) is 11.6 Å². The summed E-state index contributed by atoms with van der Waals surface area (Å²) in [7, 11) is -3.28. The van der Waals surface area contributed by atoms with E-state index >= 15 is 0 Å². The predicted molar refractivity (Wildman–Crippen MR) is 72.6 cm³/mol. The molecule has 0 amide bonds. The molecule has 17 heavy (non-hydrogen) atoms. The summed E-state index contributed by atoms with van der Waals surface area (Å²) in [5, 5.41) is 0.289. The van der Waals surface area contributed by atoms with Gasteiger partial charge in [0.2, 0.25) is 0 Å². The highest BCUT2D eigenvalue weighted by atomic mass is 35.5. The van der Waals surface area contributed by atoms with Gasteiger partial charge in [-0.1, -0.05) is 30.7 Å². The molecule has 0 saturated heterocycles. The maximum atomic E-state index is 12.0. The van der Waals surface area contributed by atoms with Crippen molar-refractivity contribution in [3.63, 3.8) is 0 Å². The fraction of sp³-hybridized carbons (Fsp3) is 0.500. The van der Waals surface area contributed by atoms with Crippen LogP contribution in [0.3, 0.4) is 0 Å². The van der Waals surface area contributed by atoms with Crippen molar-refractivity contribution in [3.05, 3.63) is 29.3 Å². The van der Waals surface area contributed by atoms with Gasteiger partial charge < -0.3 is 0 Å². The highest BCUT2D eigenvalue weighted by Gasteiger charge is 2.18. The van der Waals surface area contributed by atoms with E-state index in [0.717, 1.165) is 6.42 Å². The van der Waals surface area contributed by atoms with Gasteiger partial charge in [0, 0.05) is 5.88 Å². The summed E-state index contributed by atoms with van der Waals surface area (Å²) in [6.07, 6.45) is 1.44. The summed E-state index contributed by atoms with van der Waals surface area (Å²) in [6.45, 7) is 2.00. The lowest BCUT2D eigenvalue weighted by molar-refractivity contribution is 0.534. The molecule has 2 nitrogen and oxygen atoms in total. The summed E-state index contributed by atoms with van der Waals surface area (Å²) in [6, 6.07) is 6.54. The second-order valence-corrected chi connectivity index (χ2v) is 6.98. The first-order valence-corrected chi connectivity index (χ1v) is 8.07. The molecule has 0 bridgehead atoms. The monoisotopic (exact) mass is 294 g/mol. The van der Waals surface area contributed by atoms with E-state index in [2.05, 4.69) is 0 Å². The number of sulfone groups is 1. The zero-order valence-corrected chi connectivity index (χ0v) is 12.0. The molecule has 0 spiro atoms. The van der Waals surface area contributed by atoms with Gasteiger partial charge in [-0.05, 0) is 30.9 Å². The highest BCUT2D eigenvalue weighted by Crippen LogP contribution is 2.23. The second kappa shape index (κ2) is 6.62. The minimum Gasteiger partial charge on any atom is -0.224 e. The fourth-order valence-corrected chi connectivity index (χ4v) is 3.94. The largest absolute Gasteiger partial charge is 0.224 e. The molecule has 0 saturated carbocycles. The number of hydrogen-bond donors (Lipinski definition) is 0. The number of benzene rings is 1. The predicted octanol–water partition coefficient (Wildman–Crippen LogP) is 3.77. The van der Waals surface area contributed by atoms with Crippen LogP contribution in [0.15, 0.2) is 29.2 Å². The van der Waals surface area contributed by atoms with Crippen LogP contribution in [0.2, 0.25) is 5.02 Å². The average molecular weight is 295 g/mol. The molecule has 0 heterocycles. The van der Waals surface area contributed by atoms with Crippen LogP contribution in [-0.4, -0.2) is 20.1 Å². The molecule has 1 atom stereocenters. The first kappa shape index (κ1) is 14.8. The second-order valence-electron chi connectivity index (χ2n) is 4.12. The van der Waals surface area contributed by atoms with E-state index in [1.165, 1.54) is 0 Å². The Morgan fingerprint density at radius 2 is 1.88 bits per heavy atom. The Hall–Kier alpha value is -0.250. The molecular weight excluding hydrogens is 279 g/mol. The first-order chi connectivity index (χ1) is 7.97. The van der Waals surface area contributed by atoms with Crippen molar-refractivity contribution in [1.29, 1.82) is 0 Å². The maximum Gasteiger partial charge on any atom is 0.179 e. The van der Waals surface area contributed by atoms with Gasteiger partial charge in [0.25, 0.3) is 0 Å². The zero-order chi connectivity index (χ0) is 12.9. The van der Waals surface area contributed by atoms with E-state index < -0.39 is 9.84 Å². The number of halogens is 2. The molecule has 0 aromatic heterocycles. The minimum atomic E-state index is -3.28. The SMILES string of the molecule is CC(CCCl)CCS(=O)(=O)c1ccccc1Cl. The lowest BCUT2D eigenvalue weighted by Gasteiger charge is -2.10. The van der Waals surface area contributed by atoms with Crippen molar-refractivity contribution in [2.24, 2.45) is 5.92 Å². The number of alkyl halides is 1. The Balaban J connectivity index is 2.73. The van der Waals surface area contributed by atoms with E-state index in [9.17, 15) is 8.42 Å². The molecule has 0 radical (unpaired) electrons. The van der Waals surface area contributed by atoms with E-state index in [4.69, 9.17) is 23.2 Å². The van der Waals surface area contributed by atoms with Crippen LogP contribution in [0.25, 0.3) is 0 Å². The van der Waals surface area contributed by atoms with Crippen LogP contribution in [0.4, 0.5) is 0 Å². The van der Waals surface area contributed by atoms with Crippen molar-refractivity contribution >= 4 is 33.0 Å². The van der Waals surface area contributed by atoms with Crippen molar-refractivity contribution in [3.8, 4) is 0 Å². The van der Waals surface area contributed by atoms with E-state index in [1.54, 1.807) is 24.3 Å². The Morgan fingerprint density at radius 1 is 1.24 bits per heavy atom. The molecule has 0 aliphatic rings. The highest BCUT2D eigenvalue weighted by molar-refractivity contribution is 7.91. The molecule has 96 valence electrons. The van der Waals surface area contributed by atoms with Crippen molar-refractivity contribution in [2.75, 3.05) is 11.6 Å². The van der Waals surface area contributed by atoms with Gasteiger partial charge in [-0.3, -0.25) is 0 Å². The van der Waals surface area contributed by atoms with Gasteiger partial charge in [0.05, 0.1) is 15.7 Å². The smallest absolute Gasteiger partial charge is 0.179 e. The molecule has 1 rings (SSSR count). The normalized spacial score (nSPS) is 13.6. The summed E-state index contributed by atoms with van der Waals surface area (Å²) < 4.78 is 24.1. The molecule has 1 unspecified atom stereocenters. The molecule has 0 aliphatic carbocycles. The van der Waals surface area contributed by atoms with Gasteiger partial charge in [-0.2, -0.15) is 0 Å². The Kier molecular flexibility index (Phi) is 5.77. The van der Waals surface area contributed by atoms with Crippen LogP contribution in [0.1, 0.15) is 19.8 Å². The summed E-state index contributed by atoms with van der Waals surface area (Å²) in [5.74, 6) is 0.993. The molecule has 0 N–H and O–H groups in total. The maximum absolute atomic E-state index is 12.0. The van der Waals surface area contributed by atoms with Crippen LogP contribution in [0, 0.1) is 5.92 Å². The lowest BCUT2D eigenvalue weighted by atomic mass is 10.1. The summed E-state index contributed by atoms with van der Waals surface area (Å²) in [5.41, 5.74) is 0. The Morgan fingerprint density at radius 3 is 2.47 bits per heavy atom. The zero-order valence-electron chi connectivity index (χ0n) is 9.70. The fourth-order valence-electron chi connectivity index (χ4n) is 1.49. The summed E-state index contributed by atoms with van der Waals surface area (Å²) >= 11 is 11.5. The third-order valence-electron chi connectivity index (χ3n) is 2.65. The van der Waals surface area contributed by atoms with E-state index in [1.807, 2.05) is 6.92 Å². The molecule has 1 aromatic rings. The van der Waals surface area contributed by atoms with Gasteiger partial charge in [-0.25, -0.2) is 8.42 Å². The molecule has 5 heteroatoms. The van der Waals surface area contributed by atoms with Gasteiger partial charge in [0.15, 0.2) is 9.84 Å². The van der Waals surface area contributed by atoms with E-state index in [-0.39, 0.29) is 15.7 Å². The molecule has 1 aromatic carbocycles. The average Bonchev–Trinajstić information content (AvgIpc) is 2.27. The van der Waals surface area contributed by atoms with Crippen molar-refractivity contribution in [1.82, 2.24) is 0 Å². The topological polar surface area (TPSA) is 34.1 Å². The van der Waals surface area contributed by atoms with Crippen molar-refractivity contribution < 1.29 is 8.42 Å². The molecule has 0 aliphatic heterocycles. The quantitative estimate of drug-likeness (QED) is 0.749. The lowest BCUT2D eigenvalue weighted by Crippen LogP contribution is -2.11. The van der Waals surface area contributed by atoms with Crippen LogP contribution < -0.4 is 0 Å². The summed E-state index contributed by atoms with van der Waals surface area (Å²) in [4.78, 5) is 0.222. The molecule has 0 fully saturated rings. The van der Waals surface area contributed by atoms with Crippen LogP contribution in [-0.2, 0) is 9.84 Å². The molecular formula is C12H16Cl2O2S. The first-order valence-electron chi connectivity index (χ1n) is 5.50. The van der Waals surface area contributed by atoms with Gasteiger partial charge in [0.1, 0.15) is 0 Å².